The standard InChI is InChI=1S/C17H30N2/c1-4-9-15(10-5-2)17(19-12-6-3)14-16-11-7-8-13-18-16/h7-8,11,13,15,17,19H,4-6,9-10,12,14H2,1-3H3. The molecule has 2 heteroatoms. The average molecular weight is 262 g/mol. The first-order chi connectivity index (χ1) is 9.31. The fourth-order valence-electron chi connectivity index (χ4n) is 2.77. The third-order valence-electron chi connectivity index (χ3n) is 3.70. The van der Waals surface area contributed by atoms with E-state index in [1.165, 1.54) is 37.8 Å². The molecule has 0 bridgehead atoms. The Morgan fingerprint density at radius 3 is 2.32 bits per heavy atom. The Kier molecular flexibility index (Phi) is 8.48. The summed E-state index contributed by atoms with van der Waals surface area (Å²) in [5.41, 5.74) is 1.22. The van der Waals surface area contributed by atoms with Crippen molar-refractivity contribution in [3.8, 4) is 0 Å². The molecule has 19 heavy (non-hydrogen) atoms. The van der Waals surface area contributed by atoms with E-state index in [0.29, 0.717) is 6.04 Å². The molecule has 0 amide bonds. The Labute approximate surface area is 119 Å². The molecule has 1 aromatic rings. The van der Waals surface area contributed by atoms with E-state index in [4.69, 9.17) is 0 Å². The van der Waals surface area contributed by atoms with Crippen molar-refractivity contribution < 1.29 is 0 Å². The maximum Gasteiger partial charge on any atom is 0.0419 e. The highest BCUT2D eigenvalue weighted by molar-refractivity contribution is 5.05. The summed E-state index contributed by atoms with van der Waals surface area (Å²) in [5, 5.41) is 3.75. The summed E-state index contributed by atoms with van der Waals surface area (Å²) in [6.45, 7) is 7.93. The predicted molar refractivity (Wildman–Crippen MR) is 83.3 cm³/mol. The number of hydrogen-bond donors (Lipinski definition) is 1. The van der Waals surface area contributed by atoms with Crippen molar-refractivity contribution in [2.45, 2.75) is 65.3 Å². The lowest BCUT2D eigenvalue weighted by Gasteiger charge is -2.28. The summed E-state index contributed by atoms with van der Waals surface area (Å²) < 4.78 is 0. The average Bonchev–Trinajstić information content (AvgIpc) is 2.44. The lowest BCUT2D eigenvalue weighted by Crippen LogP contribution is -2.38. The van der Waals surface area contributed by atoms with Crippen molar-refractivity contribution in [3.63, 3.8) is 0 Å². The Balaban J connectivity index is 2.67. The molecule has 1 aromatic heterocycles. The Morgan fingerprint density at radius 1 is 1.05 bits per heavy atom. The molecule has 0 aliphatic carbocycles. The van der Waals surface area contributed by atoms with Gasteiger partial charge in [0.25, 0.3) is 0 Å². The quantitative estimate of drug-likeness (QED) is 0.683. The lowest BCUT2D eigenvalue weighted by atomic mass is 9.87. The molecule has 0 spiro atoms. The molecule has 0 aliphatic rings. The van der Waals surface area contributed by atoms with Crippen molar-refractivity contribution in [2.24, 2.45) is 5.92 Å². The molecule has 1 N–H and O–H groups in total. The fourth-order valence-corrected chi connectivity index (χ4v) is 2.77. The van der Waals surface area contributed by atoms with E-state index in [1.807, 2.05) is 12.3 Å². The van der Waals surface area contributed by atoms with Crippen molar-refractivity contribution >= 4 is 0 Å². The summed E-state index contributed by atoms with van der Waals surface area (Å²) in [5.74, 6) is 0.781. The Bertz CT molecular complexity index is 304. The van der Waals surface area contributed by atoms with Gasteiger partial charge in [0.05, 0.1) is 0 Å². The summed E-state index contributed by atoms with van der Waals surface area (Å²) in [6, 6.07) is 6.81. The minimum atomic E-state index is 0.578. The number of pyridine rings is 1. The zero-order valence-corrected chi connectivity index (χ0v) is 12.9. The normalized spacial score (nSPS) is 12.8. The van der Waals surface area contributed by atoms with Crippen LogP contribution >= 0.6 is 0 Å². The molecule has 108 valence electrons. The maximum atomic E-state index is 4.49. The largest absolute Gasteiger partial charge is 0.313 e. The lowest BCUT2D eigenvalue weighted by molar-refractivity contribution is 0.307. The van der Waals surface area contributed by atoms with E-state index in [-0.39, 0.29) is 0 Å². The van der Waals surface area contributed by atoms with Gasteiger partial charge in [0.1, 0.15) is 0 Å². The first-order valence-corrected chi connectivity index (χ1v) is 7.95. The molecule has 0 saturated heterocycles. The second kappa shape index (κ2) is 9.96. The van der Waals surface area contributed by atoms with Crippen LogP contribution in [0.25, 0.3) is 0 Å². The van der Waals surface area contributed by atoms with Crippen LogP contribution in [0.3, 0.4) is 0 Å². The van der Waals surface area contributed by atoms with Crippen LogP contribution < -0.4 is 5.32 Å². The van der Waals surface area contributed by atoms with Crippen LogP contribution in [0, 0.1) is 5.92 Å². The monoisotopic (exact) mass is 262 g/mol. The SMILES string of the molecule is CCCNC(Cc1ccccn1)C(CCC)CCC. The van der Waals surface area contributed by atoms with Gasteiger partial charge in [-0.3, -0.25) is 4.98 Å². The van der Waals surface area contributed by atoms with Crippen LogP contribution in [0.15, 0.2) is 24.4 Å². The first-order valence-electron chi connectivity index (χ1n) is 7.95. The molecule has 0 aromatic carbocycles. The summed E-state index contributed by atoms with van der Waals surface area (Å²) in [6.07, 6.45) is 9.36. The maximum absolute atomic E-state index is 4.49. The minimum Gasteiger partial charge on any atom is -0.313 e. The van der Waals surface area contributed by atoms with Gasteiger partial charge < -0.3 is 5.32 Å². The second-order valence-electron chi connectivity index (χ2n) is 5.42. The summed E-state index contributed by atoms with van der Waals surface area (Å²) in [7, 11) is 0. The van der Waals surface area contributed by atoms with E-state index in [9.17, 15) is 0 Å². The molecule has 0 radical (unpaired) electrons. The molecule has 0 saturated carbocycles. The molecule has 1 heterocycles. The van der Waals surface area contributed by atoms with Gasteiger partial charge in [-0.15, -0.1) is 0 Å². The van der Waals surface area contributed by atoms with Crippen molar-refractivity contribution in [2.75, 3.05) is 6.54 Å². The number of aromatic nitrogens is 1. The van der Waals surface area contributed by atoms with Gasteiger partial charge in [-0.25, -0.2) is 0 Å². The second-order valence-corrected chi connectivity index (χ2v) is 5.42. The molecule has 1 unspecified atom stereocenters. The Morgan fingerprint density at radius 2 is 1.79 bits per heavy atom. The highest BCUT2D eigenvalue weighted by Crippen LogP contribution is 2.20. The highest BCUT2D eigenvalue weighted by Gasteiger charge is 2.20. The van der Waals surface area contributed by atoms with Crippen molar-refractivity contribution in [1.29, 1.82) is 0 Å². The van der Waals surface area contributed by atoms with E-state index in [2.05, 4.69) is 43.2 Å². The zero-order chi connectivity index (χ0) is 13.9. The highest BCUT2D eigenvalue weighted by atomic mass is 14.9. The zero-order valence-electron chi connectivity index (χ0n) is 12.9. The molecular formula is C17H30N2. The third-order valence-corrected chi connectivity index (χ3v) is 3.70. The van der Waals surface area contributed by atoms with Gasteiger partial charge in [0.15, 0.2) is 0 Å². The predicted octanol–water partition coefficient (Wildman–Crippen LogP) is 4.21. The van der Waals surface area contributed by atoms with Gasteiger partial charge in [-0.1, -0.05) is 39.7 Å². The first kappa shape index (κ1) is 16.2. The topological polar surface area (TPSA) is 24.9 Å². The van der Waals surface area contributed by atoms with Crippen LogP contribution in [-0.2, 0) is 6.42 Å². The van der Waals surface area contributed by atoms with E-state index >= 15 is 0 Å². The molecule has 0 fully saturated rings. The smallest absolute Gasteiger partial charge is 0.0419 e. The summed E-state index contributed by atoms with van der Waals surface area (Å²) >= 11 is 0. The molecule has 1 atom stereocenters. The molecule has 0 aliphatic heterocycles. The number of rotatable bonds is 10. The number of nitrogens with one attached hydrogen (secondary N) is 1. The summed E-state index contributed by atoms with van der Waals surface area (Å²) in [4.78, 5) is 4.49. The van der Waals surface area contributed by atoms with E-state index in [1.54, 1.807) is 0 Å². The van der Waals surface area contributed by atoms with Crippen molar-refractivity contribution in [1.82, 2.24) is 10.3 Å². The van der Waals surface area contributed by atoms with Gasteiger partial charge in [-0.05, 0) is 43.9 Å². The Hall–Kier alpha value is -0.890. The van der Waals surface area contributed by atoms with Gasteiger partial charge in [0, 0.05) is 24.4 Å². The van der Waals surface area contributed by atoms with Crippen molar-refractivity contribution in [3.05, 3.63) is 30.1 Å². The number of hydrogen-bond acceptors (Lipinski definition) is 2. The molecule has 1 rings (SSSR count). The van der Waals surface area contributed by atoms with E-state index < -0.39 is 0 Å². The molecule has 2 nitrogen and oxygen atoms in total. The van der Waals surface area contributed by atoms with Crippen LogP contribution in [0.2, 0.25) is 0 Å². The van der Waals surface area contributed by atoms with Crippen LogP contribution in [0.5, 0.6) is 0 Å². The third kappa shape index (κ3) is 6.20. The van der Waals surface area contributed by atoms with Crippen LogP contribution in [-0.4, -0.2) is 17.6 Å². The van der Waals surface area contributed by atoms with Crippen LogP contribution in [0.4, 0.5) is 0 Å². The fraction of sp³-hybridized carbons (Fsp3) is 0.706. The van der Waals surface area contributed by atoms with Gasteiger partial charge >= 0.3 is 0 Å². The number of nitrogens with zero attached hydrogens (tertiary/aromatic N) is 1. The molecular weight excluding hydrogens is 232 g/mol. The minimum absolute atomic E-state index is 0.578. The van der Waals surface area contributed by atoms with Crippen LogP contribution in [0.1, 0.15) is 58.6 Å². The van der Waals surface area contributed by atoms with E-state index in [0.717, 1.165) is 18.9 Å². The van der Waals surface area contributed by atoms with Gasteiger partial charge in [-0.2, -0.15) is 0 Å². The van der Waals surface area contributed by atoms with Gasteiger partial charge in [0.2, 0.25) is 0 Å².